The minimum atomic E-state index is -0.354. The number of fused-ring (bicyclic) bond motifs is 1. The second-order valence-corrected chi connectivity index (χ2v) is 7.44. The molecule has 0 spiro atoms. The van der Waals surface area contributed by atoms with Crippen LogP contribution in [0, 0.1) is 5.82 Å². The molecule has 0 aliphatic rings. The molecule has 0 saturated carbocycles. The number of nitrogens with zero attached hydrogens (tertiary/aromatic N) is 3. The molecule has 2 heterocycles. The van der Waals surface area contributed by atoms with E-state index in [-0.39, 0.29) is 17.8 Å². The Labute approximate surface area is 163 Å². The first-order valence-corrected chi connectivity index (χ1v) is 9.36. The summed E-state index contributed by atoms with van der Waals surface area (Å²) in [7, 11) is 0. The predicted molar refractivity (Wildman–Crippen MR) is 104 cm³/mol. The average Bonchev–Trinajstić information content (AvgIpc) is 3.30. The van der Waals surface area contributed by atoms with Gasteiger partial charge in [0, 0.05) is 10.1 Å². The Morgan fingerprint density at radius 3 is 2.74 bits per heavy atom. The Bertz CT molecular complexity index is 1110. The predicted octanol–water partition coefficient (Wildman–Crippen LogP) is 4.77. The number of thiophene rings is 1. The normalized spacial score (nSPS) is 12.3. The number of carbonyl (C=O) groups is 1. The third-order valence-electron chi connectivity index (χ3n) is 4.22. The molecule has 8 heteroatoms. The first-order chi connectivity index (χ1) is 13.0. The van der Waals surface area contributed by atoms with Gasteiger partial charge in [0.1, 0.15) is 23.3 Å². The van der Waals surface area contributed by atoms with Crippen molar-refractivity contribution in [3.8, 4) is 5.69 Å². The van der Waals surface area contributed by atoms with Crippen LogP contribution in [-0.2, 0) is 0 Å². The third-order valence-corrected chi connectivity index (χ3v) is 5.88. The largest absolute Gasteiger partial charge is 0.345 e. The van der Waals surface area contributed by atoms with Crippen molar-refractivity contribution in [1.29, 1.82) is 0 Å². The topological polar surface area (TPSA) is 59.8 Å². The van der Waals surface area contributed by atoms with Crippen molar-refractivity contribution in [2.45, 2.75) is 13.0 Å². The van der Waals surface area contributed by atoms with E-state index < -0.39 is 0 Å². The maximum Gasteiger partial charge on any atom is 0.263 e. The molecule has 0 fully saturated rings. The number of hydrogen-bond donors (Lipinski definition) is 1. The van der Waals surface area contributed by atoms with Crippen LogP contribution in [-0.4, -0.2) is 20.7 Å². The zero-order valence-corrected chi connectivity index (χ0v) is 15.8. The highest BCUT2D eigenvalue weighted by Gasteiger charge is 2.19. The Morgan fingerprint density at radius 2 is 2.04 bits per heavy atom. The minimum absolute atomic E-state index is 0.222. The summed E-state index contributed by atoms with van der Waals surface area (Å²) in [6.45, 7) is 1.89. The molecule has 136 valence electrons. The third kappa shape index (κ3) is 3.43. The molecular formula is C19H14ClFN4OS. The highest BCUT2D eigenvalue weighted by molar-refractivity contribution is 7.21. The molecule has 1 amide bonds. The van der Waals surface area contributed by atoms with E-state index in [2.05, 4.69) is 15.4 Å². The van der Waals surface area contributed by atoms with Crippen molar-refractivity contribution in [2.75, 3.05) is 0 Å². The van der Waals surface area contributed by atoms with Crippen LogP contribution in [0.4, 0.5) is 4.39 Å². The van der Waals surface area contributed by atoms with Crippen molar-refractivity contribution >= 4 is 38.9 Å². The van der Waals surface area contributed by atoms with Crippen LogP contribution in [0.3, 0.4) is 0 Å². The molecule has 27 heavy (non-hydrogen) atoms. The number of nitrogens with one attached hydrogen (secondary N) is 1. The van der Waals surface area contributed by atoms with Gasteiger partial charge in [-0.1, -0.05) is 23.7 Å². The Balaban J connectivity index is 1.53. The summed E-state index contributed by atoms with van der Waals surface area (Å²) in [6, 6.07) is 11.7. The average molecular weight is 401 g/mol. The summed E-state index contributed by atoms with van der Waals surface area (Å²) >= 11 is 7.50. The van der Waals surface area contributed by atoms with Gasteiger partial charge in [-0.2, -0.15) is 5.10 Å². The summed E-state index contributed by atoms with van der Waals surface area (Å²) in [6.07, 6.45) is 3.09. The van der Waals surface area contributed by atoms with Crippen molar-refractivity contribution in [3.63, 3.8) is 0 Å². The fraction of sp³-hybridized carbons (Fsp3) is 0.105. The lowest BCUT2D eigenvalue weighted by Gasteiger charge is -2.14. The molecular weight excluding hydrogens is 387 g/mol. The van der Waals surface area contributed by atoms with Crippen LogP contribution in [0.2, 0.25) is 5.02 Å². The highest BCUT2D eigenvalue weighted by atomic mass is 35.5. The van der Waals surface area contributed by atoms with Crippen LogP contribution >= 0.6 is 22.9 Å². The SMILES string of the molecule is CC(NC(=O)c1sc2cc(F)ccc2c1Cl)c1ccc(-n2cncn2)cc1. The number of hydrogen-bond acceptors (Lipinski definition) is 4. The molecule has 0 aliphatic heterocycles. The van der Waals surface area contributed by atoms with Gasteiger partial charge in [0.2, 0.25) is 0 Å². The summed E-state index contributed by atoms with van der Waals surface area (Å²) in [5.74, 6) is -0.636. The van der Waals surface area contributed by atoms with Gasteiger partial charge in [0.15, 0.2) is 0 Å². The smallest absolute Gasteiger partial charge is 0.263 e. The second kappa shape index (κ2) is 7.09. The van der Waals surface area contributed by atoms with Gasteiger partial charge in [-0.05, 0) is 42.8 Å². The molecule has 1 N–H and O–H groups in total. The second-order valence-electron chi connectivity index (χ2n) is 6.01. The maximum atomic E-state index is 13.4. The number of amides is 1. The molecule has 1 unspecified atom stereocenters. The first kappa shape index (κ1) is 17.6. The quantitative estimate of drug-likeness (QED) is 0.537. The van der Waals surface area contributed by atoms with Crippen molar-refractivity contribution in [1.82, 2.24) is 20.1 Å². The lowest BCUT2D eigenvalue weighted by molar-refractivity contribution is 0.0944. The van der Waals surface area contributed by atoms with E-state index >= 15 is 0 Å². The lowest BCUT2D eigenvalue weighted by Crippen LogP contribution is -2.26. The van der Waals surface area contributed by atoms with E-state index in [4.69, 9.17) is 11.6 Å². The lowest BCUT2D eigenvalue weighted by atomic mass is 10.1. The van der Waals surface area contributed by atoms with Gasteiger partial charge in [0.05, 0.1) is 16.8 Å². The molecule has 0 aliphatic carbocycles. The molecule has 1 atom stereocenters. The van der Waals surface area contributed by atoms with E-state index in [9.17, 15) is 9.18 Å². The van der Waals surface area contributed by atoms with E-state index in [0.29, 0.717) is 20.0 Å². The fourth-order valence-electron chi connectivity index (χ4n) is 2.79. The highest BCUT2D eigenvalue weighted by Crippen LogP contribution is 2.36. The van der Waals surface area contributed by atoms with E-state index in [1.807, 2.05) is 31.2 Å². The van der Waals surface area contributed by atoms with Crippen LogP contribution in [0.1, 0.15) is 28.2 Å². The standard InChI is InChI=1S/C19H14ClFN4OS/c1-11(12-2-5-14(6-3-12)25-10-22-9-23-25)24-19(26)18-17(20)15-7-4-13(21)8-16(15)27-18/h2-11H,1H3,(H,24,26). The number of halogens is 2. The minimum Gasteiger partial charge on any atom is -0.345 e. The van der Waals surface area contributed by atoms with Gasteiger partial charge in [-0.3, -0.25) is 4.79 Å². The number of aromatic nitrogens is 3. The van der Waals surface area contributed by atoms with Gasteiger partial charge in [0.25, 0.3) is 5.91 Å². The maximum absolute atomic E-state index is 13.4. The number of carbonyl (C=O) groups excluding carboxylic acids is 1. The van der Waals surface area contributed by atoms with Crippen molar-refractivity contribution < 1.29 is 9.18 Å². The Hall–Kier alpha value is -2.77. The molecule has 4 aromatic rings. The van der Waals surface area contributed by atoms with Gasteiger partial charge in [-0.15, -0.1) is 11.3 Å². The molecule has 0 bridgehead atoms. The summed E-state index contributed by atoms with van der Waals surface area (Å²) < 4.78 is 15.7. The van der Waals surface area contributed by atoms with Crippen molar-refractivity contribution in [2.24, 2.45) is 0 Å². The van der Waals surface area contributed by atoms with Gasteiger partial charge in [-0.25, -0.2) is 14.1 Å². The summed E-state index contributed by atoms with van der Waals surface area (Å²) in [5, 5.41) is 8.05. The van der Waals surface area contributed by atoms with E-state index in [1.54, 1.807) is 17.1 Å². The molecule has 4 rings (SSSR count). The van der Waals surface area contributed by atoms with Crippen LogP contribution in [0.15, 0.2) is 55.1 Å². The van der Waals surface area contributed by atoms with E-state index in [1.165, 1.54) is 29.8 Å². The Kier molecular flexibility index (Phi) is 4.63. The summed E-state index contributed by atoms with van der Waals surface area (Å²) in [5.41, 5.74) is 1.82. The monoisotopic (exact) mass is 400 g/mol. The molecule has 2 aromatic heterocycles. The molecule has 5 nitrogen and oxygen atoms in total. The van der Waals surface area contributed by atoms with Crippen LogP contribution < -0.4 is 5.32 Å². The number of benzene rings is 2. The zero-order valence-electron chi connectivity index (χ0n) is 14.2. The number of rotatable bonds is 4. The van der Waals surface area contributed by atoms with Gasteiger partial charge >= 0.3 is 0 Å². The summed E-state index contributed by atoms with van der Waals surface area (Å²) in [4.78, 5) is 17.0. The fourth-order valence-corrected chi connectivity index (χ4v) is 4.23. The molecule has 2 aromatic carbocycles. The van der Waals surface area contributed by atoms with Crippen LogP contribution in [0.5, 0.6) is 0 Å². The van der Waals surface area contributed by atoms with E-state index in [0.717, 1.165) is 11.3 Å². The van der Waals surface area contributed by atoms with Crippen LogP contribution in [0.25, 0.3) is 15.8 Å². The van der Waals surface area contributed by atoms with Gasteiger partial charge < -0.3 is 5.32 Å². The Morgan fingerprint density at radius 1 is 1.26 bits per heavy atom. The first-order valence-electron chi connectivity index (χ1n) is 8.16. The van der Waals surface area contributed by atoms with Crippen molar-refractivity contribution in [3.05, 3.63) is 76.4 Å². The molecule has 0 saturated heterocycles. The zero-order chi connectivity index (χ0) is 19.0. The molecule has 0 radical (unpaired) electrons.